The van der Waals surface area contributed by atoms with Gasteiger partial charge >= 0.3 is 0 Å². The summed E-state index contributed by atoms with van der Waals surface area (Å²) in [6, 6.07) is 15.8. The van der Waals surface area contributed by atoms with Gasteiger partial charge in [0, 0.05) is 17.3 Å². The Morgan fingerprint density at radius 2 is 2.04 bits per heavy atom. The molecular weight excluding hydrogens is 320 g/mol. The van der Waals surface area contributed by atoms with Crippen LogP contribution in [0.1, 0.15) is 22.9 Å². The highest BCUT2D eigenvalue weighted by Gasteiger charge is 2.18. The van der Waals surface area contributed by atoms with E-state index < -0.39 is 0 Å². The Morgan fingerprint density at radius 3 is 2.75 bits per heavy atom. The van der Waals surface area contributed by atoms with Gasteiger partial charge in [0.05, 0.1) is 26.1 Å². The van der Waals surface area contributed by atoms with Crippen molar-refractivity contribution in [1.82, 2.24) is 9.88 Å². The van der Waals surface area contributed by atoms with Gasteiger partial charge in [0.25, 0.3) is 0 Å². The van der Waals surface area contributed by atoms with Gasteiger partial charge in [-0.25, -0.2) is 0 Å². The van der Waals surface area contributed by atoms with E-state index in [1.807, 2.05) is 66.3 Å². The van der Waals surface area contributed by atoms with Gasteiger partial charge in [0.15, 0.2) is 0 Å². The van der Waals surface area contributed by atoms with Crippen molar-refractivity contribution in [2.45, 2.75) is 19.0 Å². The van der Waals surface area contributed by atoms with Crippen molar-refractivity contribution in [3.8, 4) is 5.75 Å². The summed E-state index contributed by atoms with van der Waals surface area (Å²) in [5.41, 5.74) is 1.05. The molecule has 0 aliphatic carbocycles. The zero-order chi connectivity index (χ0) is 16.8. The molecule has 124 valence electrons. The molecule has 0 aliphatic rings. The van der Waals surface area contributed by atoms with E-state index in [-0.39, 0.29) is 11.9 Å². The van der Waals surface area contributed by atoms with E-state index in [4.69, 9.17) is 4.74 Å². The summed E-state index contributed by atoms with van der Waals surface area (Å²) in [7, 11) is 1.65. The third-order valence-electron chi connectivity index (χ3n) is 3.88. The Balaban J connectivity index is 1.74. The third kappa shape index (κ3) is 4.06. The lowest BCUT2D eigenvalue weighted by Crippen LogP contribution is -2.26. The van der Waals surface area contributed by atoms with Crippen LogP contribution in [0.2, 0.25) is 0 Å². The summed E-state index contributed by atoms with van der Waals surface area (Å²) in [5.74, 6) is 0.827. The summed E-state index contributed by atoms with van der Waals surface area (Å²) in [6.45, 7) is 0.576. The summed E-state index contributed by atoms with van der Waals surface area (Å²) in [4.78, 5) is 13.6. The van der Waals surface area contributed by atoms with E-state index in [2.05, 4.69) is 9.88 Å². The number of hydrogen-bond donors (Lipinski definition) is 1. The van der Waals surface area contributed by atoms with Gasteiger partial charge in [-0.3, -0.25) is 4.79 Å². The number of hydrogen-bond acceptors (Lipinski definition) is 3. The first kappa shape index (κ1) is 16.3. The average molecular weight is 340 g/mol. The van der Waals surface area contributed by atoms with Gasteiger partial charge in [0.2, 0.25) is 5.91 Å². The van der Waals surface area contributed by atoms with Crippen LogP contribution in [-0.2, 0) is 11.3 Å². The molecule has 1 aromatic carbocycles. The van der Waals surface area contributed by atoms with Gasteiger partial charge in [-0.05, 0) is 41.3 Å². The number of carbonyl (C=O) groups is 1. The predicted molar refractivity (Wildman–Crippen MR) is 96.3 cm³/mol. The highest BCUT2D eigenvalue weighted by atomic mass is 32.1. The van der Waals surface area contributed by atoms with Gasteiger partial charge in [-0.2, -0.15) is 0 Å². The molecule has 1 atom stereocenters. The van der Waals surface area contributed by atoms with E-state index in [0.29, 0.717) is 13.0 Å². The Bertz CT molecular complexity index is 767. The Hall–Kier alpha value is -2.53. The molecule has 1 amide bonds. The van der Waals surface area contributed by atoms with Crippen LogP contribution in [0.5, 0.6) is 5.75 Å². The topological polar surface area (TPSA) is 43.3 Å². The fraction of sp³-hybridized carbons (Fsp3) is 0.211. The molecule has 0 spiro atoms. The molecule has 3 rings (SSSR count). The minimum atomic E-state index is -0.0570. The van der Waals surface area contributed by atoms with E-state index in [1.165, 1.54) is 0 Å². The van der Waals surface area contributed by atoms with Crippen LogP contribution in [0.25, 0.3) is 0 Å². The maximum atomic E-state index is 12.4. The van der Waals surface area contributed by atoms with Crippen LogP contribution in [0.4, 0.5) is 0 Å². The van der Waals surface area contributed by atoms with Gasteiger partial charge in [-0.1, -0.05) is 18.2 Å². The summed E-state index contributed by atoms with van der Waals surface area (Å²) in [6.07, 6.45) is 4.35. The molecule has 0 bridgehead atoms. The molecule has 0 unspecified atom stereocenters. The largest absolute Gasteiger partial charge is 0.497 e. The Morgan fingerprint density at radius 1 is 1.21 bits per heavy atom. The van der Waals surface area contributed by atoms with Crippen LogP contribution in [0, 0.1) is 0 Å². The molecule has 0 aliphatic heterocycles. The van der Waals surface area contributed by atoms with Crippen molar-refractivity contribution in [2.75, 3.05) is 7.11 Å². The molecule has 0 saturated carbocycles. The maximum Gasteiger partial charge on any atom is 0.222 e. The van der Waals surface area contributed by atoms with Gasteiger partial charge < -0.3 is 14.6 Å². The normalized spacial score (nSPS) is 11.9. The van der Waals surface area contributed by atoms with Crippen molar-refractivity contribution < 1.29 is 9.53 Å². The summed E-state index contributed by atoms with van der Waals surface area (Å²) >= 11 is 1.65. The van der Waals surface area contributed by atoms with Crippen molar-refractivity contribution in [2.24, 2.45) is 0 Å². The second kappa shape index (κ2) is 7.84. The zero-order valence-electron chi connectivity index (χ0n) is 13.5. The first-order chi connectivity index (χ1) is 11.8. The molecule has 1 N–H and O–H groups in total. The van der Waals surface area contributed by atoms with Crippen molar-refractivity contribution in [3.63, 3.8) is 0 Å². The molecule has 4 nitrogen and oxygen atoms in total. The number of amides is 1. The molecule has 2 aromatic heterocycles. The molecule has 2 heterocycles. The van der Waals surface area contributed by atoms with E-state index in [1.54, 1.807) is 18.4 Å². The quantitative estimate of drug-likeness (QED) is 0.710. The number of rotatable bonds is 7. The number of nitrogens with one attached hydrogen (secondary N) is 1. The average Bonchev–Trinajstić information content (AvgIpc) is 3.31. The van der Waals surface area contributed by atoms with Gasteiger partial charge in [0.1, 0.15) is 5.75 Å². The SMILES string of the molecule is COc1cccc([C@H](CC(=O)NCc2cccs2)n2cccc2)c1. The minimum Gasteiger partial charge on any atom is -0.497 e. The fourth-order valence-corrected chi connectivity index (χ4v) is 3.29. The first-order valence-corrected chi connectivity index (χ1v) is 8.69. The fourth-order valence-electron chi connectivity index (χ4n) is 2.65. The molecule has 0 radical (unpaired) electrons. The second-order valence-corrected chi connectivity index (χ2v) is 6.52. The van der Waals surface area contributed by atoms with E-state index >= 15 is 0 Å². The number of methoxy groups -OCH3 is 1. The van der Waals surface area contributed by atoms with E-state index in [0.717, 1.165) is 16.2 Å². The third-order valence-corrected chi connectivity index (χ3v) is 4.76. The van der Waals surface area contributed by atoms with Crippen molar-refractivity contribution in [3.05, 3.63) is 76.7 Å². The molecule has 24 heavy (non-hydrogen) atoms. The standard InChI is InChI=1S/C19H20N2O2S/c1-23-16-7-4-6-15(12-16)18(21-9-2-3-10-21)13-19(22)20-14-17-8-5-11-24-17/h2-12,18H,13-14H2,1H3,(H,20,22)/t18-/m0/s1. The smallest absolute Gasteiger partial charge is 0.222 e. The predicted octanol–water partition coefficient (Wildman–Crippen LogP) is 3.85. The lowest BCUT2D eigenvalue weighted by Gasteiger charge is -2.20. The maximum absolute atomic E-state index is 12.4. The lowest BCUT2D eigenvalue weighted by atomic mass is 10.0. The monoisotopic (exact) mass is 340 g/mol. The van der Waals surface area contributed by atoms with Crippen LogP contribution < -0.4 is 10.1 Å². The van der Waals surface area contributed by atoms with Crippen molar-refractivity contribution in [1.29, 1.82) is 0 Å². The Labute approximate surface area is 145 Å². The molecule has 0 saturated heterocycles. The molecule has 5 heteroatoms. The zero-order valence-corrected chi connectivity index (χ0v) is 14.3. The molecule has 3 aromatic rings. The number of thiophene rings is 1. The number of aromatic nitrogens is 1. The first-order valence-electron chi connectivity index (χ1n) is 7.82. The van der Waals surface area contributed by atoms with Crippen LogP contribution in [0.15, 0.2) is 66.3 Å². The van der Waals surface area contributed by atoms with Gasteiger partial charge in [-0.15, -0.1) is 11.3 Å². The second-order valence-electron chi connectivity index (χ2n) is 5.48. The van der Waals surface area contributed by atoms with E-state index in [9.17, 15) is 4.79 Å². The van der Waals surface area contributed by atoms with Crippen LogP contribution in [-0.4, -0.2) is 17.6 Å². The number of ether oxygens (including phenoxy) is 1. The van der Waals surface area contributed by atoms with Crippen molar-refractivity contribution >= 4 is 17.2 Å². The minimum absolute atomic E-state index is 0.0323. The summed E-state index contributed by atoms with van der Waals surface area (Å²) < 4.78 is 7.37. The Kier molecular flexibility index (Phi) is 5.33. The molecule has 0 fully saturated rings. The summed E-state index contributed by atoms with van der Waals surface area (Å²) in [5, 5.41) is 5.02. The highest BCUT2D eigenvalue weighted by molar-refractivity contribution is 7.09. The van der Waals surface area contributed by atoms with Crippen LogP contribution in [0.3, 0.4) is 0 Å². The lowest BCUT2D eigenvalue weighted by molar-refractivity contribution is -0.121. The number of nitrogens with zero attached hydrogens (tertiary/aromatic N) is 1. The van der Waals surface area contributed by atoms with Crippen LogP contribution >= 0.6 is 11.3 Å². The number of carbonyl (C=O) groups excluding carboxylic acids is 1. The molecular formula is C19H20N2O2S. The number of benzene rings is 1. The highest BCUT2D eigenvalue weighted by Crippen LogP contribution is 2.25.